The number of aromatic nitrogens is 1. The Hall–Kier alpha value is -1.87. The topological polar surface area (TPSA) is 77.4 Å². The van der Waals surface area contributed by atoms with Gasteiger partial charge in [0.25, 0.3) is 10.0 Å². The van der Waals surface area contributed by atoms with Crippen LogP contribution < -0.4 is 4.72 Å². The first-order valence-corrected chi connectivity index (χ1v) is 9.97. The van der Waals surface area contributed by atoms with Crippen LogP contribution in [0.5, 0.6) is 0 Å². The summed E-state index contributed by atoms with van der Waals surface area (Å²) in [5, 5.41) is 3.40. The standard InChI is InChI=1S/C16H15ClN2O4S2/c1-19-13(16(20)23-2)4-6-15(19)25(21,22)18-8-10-9-24-14-5-3-11(17)7-12(10)14/h3-7,9,18H,8H2,1-2H3. The van der Waals surface area contributed by atoms with E-state index in [9.17, 15) is 13.2 Å². The Morgan fingerprint density at radius 3 is 2.80 bits per heavy atom. The highest BCUT2D eigenvalue weighted by molar-refractivity contribution is 7.89. The molecule has 3 aromatic rings. The van der Waals surface area contributed by atoms with E-state index in [4.69, 9.17) is 11.6 Å². The summed E-state index contributed by atoms with van der Waals surface area (Å²) in [4.78, 5) is 11.6. The van der Waals surface area contributed by atoms with Gasteiger partial charge in [-0.15, -0.1) is 11.3 Å². The molecule has 0 bridgehead atoms. The van der Waals surface area contributed by atoms with Crippen LogP contribution in [0.3, 0.4) is 0 Å². The van der Waals surface area contributed by atoms with Crippen LogP contribution in [-0.4, -0.2) is 26.1 Å². The number of esters is 1. The van der Waals surface area contributed by atoms with E-state index in [0.29, 0.717) is 5.02 Å². The number of carbonyl (C=O) groups is 1. The molecule has 0 aliphatic carbocycles. The van der Waals surface area contributed by atoms with Gasteiger partial charge in [-0.1, -0.05) is 11.6 Å². The molecule has 25 heavy (non-hydrogen) atoms. The number of ether oxygens (including phenoxy) is 1. The van der Waals surface area contributed by atoms with Crippen molar-refractivity contribution in [2.45, 2.75) is 11.6 Å². The molecule has 132 valence electrons. The summed E-state index contributed by atoms with van der Waals surface area (Å²) in [6.45, 7) is 0.126. The lowest BCUT2D eigenvalue weighted by Gasteiger charge is -2.09. The number of nitrogens with zero attached hydrogens (tertiary/aromatic N) is 1. The van der Waals surface area contributed by atoms with Crippen LogP contribution in [0.25, 0.3) is 10.1 Å². The minimum Gasteiger partial charge on any atom is -0.464 e. The molecule has 0 spiro atoms. The number of rotatable bonds is 5. The fourth-order valence-corrected chi connectivity index (χ4v) is 4.82. The van der Waals surface area contributed by atoms with Crippen LogP contribution in [0.15, 0.2) is 40.7 Å². The molecule has 3 rings (SSSR count). The average molecular weight is 399 g/mol. The molecule has 0 saturated carbocycles. The maximum absolute atomic E-state index is 12.6. The van der Waals surface area contributed by atoms with Crippen LogP contribution in [0.2, 0.25) is 5.02 Å². The summed E-state index contributed by atoms with van der Waals surface area (Å²) >= 11 is 7.54. The highest BCUT2D eigenvalue weighted by Crippen LogP contribution is 2.29. The second-order valence-corrected chi connectivity index (χ2v) is 8.39. The van der Waals surface area contributed by atoms with Crippen molar-refractivity contribution in [3.63, 3.8) is 0 Å². The van der Waals surface area contributed by atoms with Crippen LogP contribution >= 0.6 is 22.9 Å². The van der Waals surface area contributed by atoms with Crippen molar-refractivity contribution in [1.29, 1.82) is 0 Å². The molecule has 1 N–H and O–H groups in total. The zero-order chi connectivity index (χ0) is 18.2. The summed E-state index contributed by atoms with van der Waals surface area (Å²) in [5.41, 5.74) is 1.00. The van der Waals surface area contributed by atoms with Crippen molar-refractivity contribution in [2.75, 3.05) is 7.11 Å². The number of carbonyl (C=O) groups excluding carboxylic acids is 1. The van der Waals surface area contributed by atoms with Gasteiger partial charge in [0, 0.05) is 23.3 Å². The van der Waals surface area contributed by atoms with E-state index in [0.717, 1.165) is 15.6 Å². The fourth-order valence-electron chi connectivity index (χ4n) is 2.51. The third kappa shape index (κ3) is 3.43. The maximum Gasteiger partial charge on any atom is 0.354 e. The van der Waals surface area contributed by atoms with Gasteiger partial charge < -0.3 is 9.30 Å². The molecule has 0 atom stereocenters. The summed E-state index contributed by atoms with van der Waals surface area (Å²) < 4.78 is 34.7. The Morgan fingerprint density at radius 2 is 2.08 bits per heavy atom. The molecule has 0 radical (unpaired) electrons. The van der Waals surface area contributed by atoms with Crippen molar-refractivity contribution < 1.29 is 17.9 Å². The lowest BCUT2D eigenvalue weighted by molar-refractivity contribution is 0.0589. The third-order valence-electron chi connectivity index (χ3n) is 3.81. The Kier molecular flexibility index (Phi) is 4.88. The van der Waals surface area contributed by atoms with E-state index < -0.39 is 16.0 Å². The number of fused-ring (bicyclic) bond motifs is 1. The van der Waals surface area contributed by atoms with Crippen molar-refractivity contribution in [3.05, 3.63) is 52.0 Å². The molecule has 0 aliphatic rings. The minimum absolute atomic E-state index is 0.00883. The number of hydrogen-bond acceptors (Lipinski definition) is 5. The van der Waals surface area contributed by atoms with E-state index in [1.807, 2.05) is 17.5 Å². The van der Waals surface area contributed by atoms with Crippen LogP contribution in [0, 0.1) is 0 Å². The average Bonchev–Trinajstić information content (AvgIpc) is 3.16. The zero-order valence-electron chi connectivity index (χ0n) is 13.4. The summed E-state index contributed by atoms with van der Waals surface area (Å²) in [5.74, 6) is -0.595. The number of benzene rings is 1. The summed E-state index contributed by atoms with van der Waals surface area (Å²) in [6, 6.07) is 8.30. The normalized spacial score (nSPS) is 11.8. The lowest BCUT2D eigenvalue weighted by atomic mass is 10.2. The predicted octanol–water partition coefficient (Wildman–Crippen LogP) is 3.16. The largest absolute Gasteiger partial charge is 0.464 e. The minimum atomic E-state index is -3.79. The molecule has 0 unspecified atom stereocenters. The molecule has 2 aromatic heterocycles. The van der Waals surface area contributed by atoms with Crippen LogP contribution in [-0.2, 0) is 28.4 Å². The van der Waals surface area contributed by atoms with E-state index in [-0.39, 0.29) is 17.3 Å². The molecule has 0 amide bonds. The zero-order valence-corrected chi connectivity index (χ0v) is 15.8. The van der Waals surface area contributed by atoms with Gasteiger partial charge in [0.2, 0.25) is 0 Å². The van der Waals surface area contributed by atoms with E-state index >= 15 is 0 Å². The molecule has 9 heteroatoms. The molecular weight excluding hydrogens is 384 g/mol. The van der Waals surface area contributed by atoms with E-state index in [1.54, 1.807) is 6.07 Å². The molecule has 0 saturated heterocycles. The quantitative estimate of drug-likeness (QED) is 0.669. The van der Waals surface area contributed by atoms with Gasteiger partial charge in [-0.3, -0.25) is 0 Å². The predicted molar refractivity (Wildman–Crippen MR) is 97.6 cm³/mol. The summed E-state index contributed by atoms with van der Waals surface area (Å²) in [7, 11) is -1.04. The van der Waals surface area contributed by atoms with Gasteiger partial charge in [0.1, 0.15) is 5.69 Å². The first kappa shape index (κ1) is 17.9. The fraction of sp³-hybridized carbons (Fsp3) is 0.188. The van der Waals surface area contributed by atoms with Gasteiger partial charge in [0.05, 0.1) is 7.11 Å². The highest BCUT2D eigenvalue weighted by atomic mass is 35.5. The Bertz CT molecular complexity index is 1050. The molecule has 6 nitrogen and oxygen atoms in total. The van der Waals surface area contributed by atoms with Crippen molar-refractivity contribution in [2.24, 2.45) is 7.05 Å². The number of halogens is 1. The van der Waals surface area contributed by atoms with Gasteiger partial charge in [0.15, 0.2) is 5.03 Å². The summed E-state index contributed by atoms with van der Waals surface area (Å²) in [6.07, 6.45) is 0. The lowest BCUT2D eigenvalue weighted by Crippen LogP contribution is -2.25. The van der Waals surface area contributed by atoms with E-state index in [2.05, 4.69) is 9.46 Å². The Balaban J connectivity index is 1.86. The smallest absolute Gasteiger partial charge is 0.354 e. The van der Waals surface area contributed by atoms with Gasteiger partial charge in [-0.05, 0) is 46.7 Å². The van der Waals surface area contributed by atoms with Crippen molar-refractivity contribution >= 4 is 49.0 Å². The first-order chi connectivity index (χ1) is 11.8. The number of sulfonamides is 1. The van der Waals surface area contributed by atoms with Crippen LogP contribution in [0.1, 0.15) is 16.1 Å². The Morgan fingerprint density at radius 1 is 1.32 bits per heavy atom. The highest BCUT2D eigenvalue weighted by Gasteiger charge is 2.22. The maximum atomic E-state index is 12.6. The number of hydrogen-bond donors (Lipinski definition) is 1. The van der Waals surface area contributed by atoms with Gasteiger partial charge >= 0.3 is 5.97 Å². The monoisotopic (exact) mass is 398 g/mol. The molecule has 0 fully saturated rings. The van der Waals surface area contributed by atoms with Crippen LogP contribution in [0.4, 0.5) is 0 Å². The van der Waals surface area contributed by atoms with E-state index in [1.165, 1.54) is 42.2 Å². The molecule has 0 aliphatic heterocycles. The van der Waals surface area contributed by atoms with Gasteiger partial charge in [-0.25, -0.2) is 17.9 Å². The second kappa shape index (κ2) is 6.80. The molecule has 1 aromatic carbocycles. The number of nitrogens with one attached hydrogen (secondary N) is 1. The SMILES string of the molecule is COC(=O)c1ccc(S(=O)(=O)NCc2csc3ccc(Cl)cc23)n1C. The number of methoxy groups -OCH3 is 1. The Labute approximate surface area is 154 Å². The van der Waals surface area contributed by atoms with Gasteiger partial charge in [-0.2, -0.15) is 0 Å². The third-order valence-corrected chi connectivity index (χ3v) is 6.55. The molecular formula is C16H15ClN2O4S2. The molecule has 2 heterocycles. The second-order valence-electron chi connectivity index (χ2n) is 5.33. The first-order valence-electron chi connectivity index (χ1n) is 7.23. The van der Waals surface area contributed by atoms with Crippen molar-refractivity contribution in [1.82, 2.24) is 9.29 Å². The number of thiophene rings is 1. The van der Waals surface area contributed by atoms with Crippen molar-refractivity contribution in [3.8, 4) is 0 Å².